The van der Waals surface area contributed by atoms with Crippen molar-refractivity contribution in [3.05, 3.63) is 75.7 Å². The second-order valence-electron chi connectivity index (χ2n) is 7.18. The molecule has 27 heavy (non-hydrogen) atoms. The van der Waals surface area contributed by atoms with Crippen LogP contribution in [0.1, 0.15) is 29.7 Å². The Kier molecular flexibility index (Phi) is 4.44. The van der Waals surface area contributed by atoms with Gasteiger partial charge in [-0.1, -0.05) is 23.8 Å². The molecule has 0 aliphatic carbocycles. The number of nitrogens with one attached hydrogen (secondary N) is 2. The lowest BCUT2D eigenvalue weighted by atomic mass is 9.92. The number of hydrogen-bond donors (Lipinski definition) is 2. The number of carbonyl (C=O) groups is 1. The number of aromatic amines is 1. The van der Waals surface area contributed by atoms with Crippen LogP contribution in [-0.2, 0) is 11.2 Å². The van der Waals surface area contributed by atoms with Gasteiger partial charge < -0.3 is 15.2 Å². The summed E-state index contributed by atoms with van der Waals surface area (Å²) in [5.74, 6) is 0.0831. The standard InChI is InChI=1S/C22H23N3O2/c1-14-3-5-19-15(2)25(10-8-17(19)11-14)21(26)13-24-18-4-6-20-16(12-18)7-9-23-22(20)27/h3-7,9,11-12,15,24H,8,10,13H2,1-2H3,(H,23,27)/t15-/m0/s1. The van der Waals surface area contributed by atoms with E-state index in [-0.39, 0.29) is 24.1 Å². The van der Waals surface area contributed by atoms with Crippen LogP contribution in [0.15, 0.2) is 53.5 Å². The van der Waals surface area contributed by atoms with E-state index in [1.54, 1.807) is 12.3 Å². The van der Waals surface area contributed by atoms with Gasteiger partial charge in [-0.25, -0.2) is 0 Å². The molecule has 4 rings (SSSR count). The number of rotatable bonds is 3. The lowest BCUT2D eigenvalue weighted by Crippen LogP contribution is -2.41. The Balaban J connectivity index is 1.47. The van der Waals surface area contributed by atoms with Crippen molar-refractivity contribution >= 4 is 22.4 Å². The zero-order valence-electron chi connectivity index (χ0n) is 15.6. The Morgan fingerprint density at radius 3 is 2.93 bits per heavy atom. The van der Waals surface area contributed by atoms with Crippen molar-refractivity contribution in [3.63, 3.8) is 0 Å². The molecule has 0 saturated heterocycles. The molecule has 0 fully saturated rings. The summed E-state index contributed by atoms with van der Waals surface area (Å²) < 4.78 is 0. The summed E-state index contributed by atoms with van der Waals surface area (Å²) in [6.45, 7) is 5.17. The van der Waals surface area contributed by atoms with E-state index in [0.29, 0.717) is 5.39 Å². The van der Waals surface area contributed by atoms with Crippen molar-refractivity contribution in [3.8, 4) is 0 Å². The summed E-state index contributed by atoms with van der Waals surface area (Å²) in [5, 5.41) is 4.70. The number of benzene rings is 2. The average Bonchev–Trinajstić information content (AvgIpc) is 2.66. The first-order valence-corrected chi connectivity index (χ1v) is 9.27. The van der Waals surface area contributed by atoms with Crippen LogP contribution in [-0.4, -0.2) is 28.9 Å². The van der Waals surface area contributed by atoms with Crippen molar-refractivity contribution < 1.29 is 4.79 Å². The summed E-state index contributed by atoms with van der Waals surface area (Å²) in [6, 6.07) is 13.9. The van der Waals surface area contributed by atoms with E-state index < -0.39 is 0 Å². The lowest BCUT2D eigenvalue weighted by Gasteiger charge is -2.35. The third-order valence-electron chi connectivity index (χ3n) is 5.38. The van der Waals surface area contributed by atoms with Crippen LogP contribution in [0, 0.1) is 6.92 Å². The van der Waals surface area contributed by atoms with Gasteiger partial charge in [0, 0.05) is 23.8 Å². The van der Waals surface area contributed by atoms with Gasteiger partial charge in [-0.15, -0.1) is 0 Å². The number of pyridine rings is 1. The van der Waals surface area contributed by atoms with Crippen LogP contribution in [0.4, 0.5) is 5.69 Å². The Hall–Kier alpha value is -3.08. The minimum absolute atomic E-state index is 0.0822. The highest BCUT2D eigenvalue weighted by atomic mass is 16.2. The van der Waals surface area contributed by atoms with Crippen LogP contribution >= 0.6 is 0 Å². The zero-order chi connectivity index (χ0) is 19.0. The largest absolute Gasteiger partial charge is 0.376 e. The number of H-pyrrole nitrogens is 1. The second-order valence-corrected chi connectivity index (χ2v) is 7.18. The molecule has 1 aliphatic rings. The van der Waals surface area contributed by atoms with Gasteiger partial charge >= 0.3 is 0 Å². The highest BCUT2D eigenvalue weighted by Gasteiger charge is 2.27. The minimum Gasteiger partial charge on any atom is -0.376 e. The number of hydrogen-bond acceptors (Lipinski definition) is 3. The fraction of sp³-hybridized carbons (Fsp3) is 0.273. The predicted octanol–water partition coefficient (Wildman–Crippen LogP) is 3.39. The first-order valence-electron chi connectivity index (χ1n) is 9.27. The maximum atomic E-state index is 12.8. The summed E-state index contributed by atoms with van der Waals surface area (Å²) in [5.41, 5.74) is 4.58. The van der Waals surface area contributed by atoms with Crippen molar-refractivity contribution in [2.24, 2.45) is 0 Å². The molecule has 2 heterocycles. The van der Waals surface area contributed by atoms with Gasteiger partial charge in [0.25, 0.3) is 5.56 Å². The minimum atomic E-state index is -0.105. The highest BCUT2D eigenvalue weighted by Crippen LogP contribution is 2.30. The van der Waals surface area contributed by atoms with Gasteiger partial charge in [0.2, 0.25) is 5.91 Å². The number of anilines is 1. The summed E-state index contributed by atoms with van der Waals surface area (Å²) >= 11 is 0. The summed E-state index contributed by atoms with van der Waals surface area (Å²) in [6.07, 6.45) is 2.53. The van der Waals surface area contributed by atoms with E-state index in [0.717, 1.165) is 24.0 Å². The zero-order valence-corrected chi connectivity index (χ0v) is 15.6. The summed E-state index contributed by atoms with van der Waals surface area (Å²) in [4.78, 5) is 29.2. The predicted molar refractivity (Wildman–Crippen MR) is 108 cm³/mol. The molecule has 2 aromatic carbocycles. The third-order valence-corrected chi connectivity index (χ3v) is 5.38. The molecule has 138 valence electrons. The molecule has 0 unspecified atom stereocenters. The second kappa shape index (κ2) is 6.91. The Bertz CT molecular complexity index is 1070. The molecular formula is C22H23N3O2. The first-order chi connectivity index (χ1) is 13.0. The average molecular weight is 361 g/mol. The van der Waals surface area contributed by atoms with E-state index in [9.17, 15) is 9.59 Å². The van der Waals surface area contributed by atoms with E-state index in [4.69, 9.17) is 0 Å². The van der Waals surface area contributed by atoms with E-state index in [2.05, 4.69) is 42.3 Å². The molecule has 1 aromatic heterocycles. The molecule has 0 radical (unpaired) electrons. The molecule has 3 aromatic rings. The SMILES string of the molecule is Cc1ccc2c(c1)CCN(C(=O)CNc1ccc3c(=O)[nH]ccc3c1)[C@H]2C. The lowest BCUT2D eigenvalue weighted by molar-refractivity contribution is -0.131. The fourth-order valence-corrected chi connectivity index (χ4v) is 3.88. The highest BCUT2D eigenvalue weighted by molar-refractivity contribution is 5.86. The molecule has 0 saturated carbocycles. The van der Waals surface area contributed by atoms with E-state index in [1.165, 1.54) is 16.7 Å². The number of aromatic nitrogens is 1. The molecule has 0 spiro atoms. The molecule has 1 atom stereocenters. The molecule has 5 heteroatoms. The van der Waals surface area contributed by atoms with Gasteiger partial charge in [-0.05, 0) is 61.0 Å². The van der Waals surface area contributed by atoms with Crippen LogP contribution in [0.25, 0.3) is 10.8 Å². The van der Waals surface area contributed by atoms with Crippen molar-refractivity contribution in [1.82, 2.24) is 9.88 Å². The Labute approximate surface area is 158 Å². The topological polar surface area (TPSA) is 65.2 Å². The third kappa shape index (κ3) is 3.33. The Morgan fingerprint density at radius 2 is 2.07 bits per heavy atom. The molecule has 1 aliphatic heterocycles. The smallest absolute Gasteiger partial charge is 0.255 e. The number of amides is 1. The monoisotopic (exact) mass is 361 g/mol. The van der Waals surface area contributed by atoms with Gasteiger partial charge in [-0.3, -0.25) is 9.59 Å². The van der Waals surface area contributed by atoms with Crippen molar-refractivity contribution in [1.29, 1.82) is 0 Å². The number of carbonyl (C=O) groups excluding carboxylic acids is 1. The molecule has 1 amide bonds. The van der Waals surface area contributed by atoms with Crippen LogP contribution in [0.5, 0.6) is 0 Å². The molecule has 2 N–H and O–H groups in total. The molecule has 0 bridgehead atoms. The number of aryl methyl sites for hydroxylation is 1. The number of fused-ring (bicyclic) bond motifs is 2. The van der Waals surface area contributed by atoms with Gasteiger partial charge in [0.05, 0.1) is 12.6 Å². The molecule has 5 nitrogen and oxygen atoms in total. The van der Waals surface area contributed by atoms with E-state index >= 15 is 0 Å². The fourth-order valence-electron chi connectivity index (χ4n) is 3.88. The van der Waals surface area contributed by atoms with Gasteiger partial charge in [0.15, 0.2) is 0 Å². The van der Waals surface area contributed by atoms with Gasteiger partial charge in [0.1, 0.15) is 0 Å². The molecular weight excluding hydrogens is 338 g/mol. The van der Waals surface area contributed by atoms with Crippen LogP contribution in [0.2, 0.25) is 0 Å². The summed E-state index contributed by atoms with van der Waals surface area (Å²) in [7, 11) is 0. The van der Waals surface area contributed by atoms with Crippen LogP contribution < -0.4 is 10.9 Å². The maximum absolute atomic E-state index is 12.8. The number of nitrogens with zero attached hydrogens (tertiary/aromatic N) is 1. The Morgan fingerprint density at radius 1 is 1.22 bits per heavy atom. The van der Waals surface area contributed by atoms with Gasteiger partial charge in [-0.2, -0.15) is 0 Å². The van der Waals surface area contributed by atoms with Crippen molar-refractivity contribution in [2.75, 3.05) is 18.4 Å². The maximum Gasteiger partial charge on any atom is 0.255 e. The van der Waals surface area contributed by atoms with Crippen molar-refractivity contribution in [2.45, 2.75) is 26.3 Å². The van der Waals surface area contributed by atoms with Crippen LogP contribution in [0.3, 0.4) is 0 Å². The normalized spacial score (nSPS) is 16.2. The quantitative estimate of drug-likeness (QED) is 0.751. The first kappa shape index (κ1) is 17.3. The van der Waals surface area contributed by atoms with E-state index in [1.807, 2.05) is 23.1 Å².